The van der Waals surface area contributed by atoms with Gasteiger partial charge >= 0.3 is 0 Å². The number of anilines is 2. The van der Waals surface area contributed by atoms with Gasteiger partial charge in [-0.2, -0.15) is 0 Å². The van der Waals surface area contributed by atoms with E-state index in [0.29, 0.717) is 24.8 Å². The SMILES string of the molecule is O=C(c1ccc(NC2CCCCCC2)cn1)N1CCN(c2ccccn2)CC1. The standard InChI is InChI=1S/C22H29N5O/c28-22(27-15-13-26(14-16-27)21-9-5-6-12-23-21)20-11-10-19(17-24-20)25-18-7-3-1-2-4-8-18/h5-6,9-12,17-18,25H,1-4,7-8,13-16H2. The van der Waals surface area contributed by atoms with Crippen molar-refractivity contribution in [2.45, 2.75) is 44.6 Å². The molecule has 4 rings (SSSR count). The maximum atomic E-state index is 12.8. The van der Waals surface area contributed by atoms with Gasteiger partial charge in [0.25, 0.3) is 5.91 Å². The maximum Gasteiger partial charge on any atom is 0.272 e. The lowest BCUT2D eigenvalue weighted by Crippen LogP contribution is -2.49. The summed E-state index contributed by atoms with van der Waals surface area (Å²) in [5.74, 6) is 0.989. The third-order valence-electron chi connectivity index (χ3n) is 5.75. The predicted octanol–water partition coefficient (Wildman–Crippen LogP) is 3.57. The van der Waals surface area contributed by atoms with E-state index in [4.69, 9.17) is 0 Å². The Morgan fingerprint density at radius 2 is 1.71 bits per heavy atom. The first-order chi connectivity index (χ1) is 13.8. The van der Waals surface area contributed by atoms with Crippen LogP contribution in [0.25, 0.3) is 0 Å². The summed E-state index contributed by atoms with van der Waals surface area (Å²) >= 11 is 0. The van der Waals surface area contributed by atoms with Crippen LogP contribution in [0, 0.1) is 0 Å². The Hall–Kier alpha value is -2.63. The molecule has 0 radical (unpaired) electrons. The number of hydrogen-bond acceptors (Lipinski definition) is 5. The summed E-state index contributed by atoms with van der Waals surface area (Å²) in [6.45, 7) is 2.98. The molecule has 0 aromatic carbocycles. The molecule has 0 atom stereocenters. The highest BCUT2D eigenvalue weighted by Crippen LogP contribution is 2.21. The summed E-state index contributed by atoms with van der Waals surface area (Å²) in [5, 5.41) is 3.59. The molecule has 1 saturated carbocycles. The van der Waals surface area contributed by atoms with Crippen LogP contribution in [0.4, 0.5) is 11.5 Å². The van der Waals surface area contributed by atoms with Crippen LogP contribution in [0.1, 0.15) is 49.0 Å². The normalized spacial score (nSPS) is 18.6. The van der Waals surface area contributed by atoms with Gasteiger partial charge in [-0.25, -0.2) is 9.97 Å². The number of carbonyl (C=O) groups excluding carboxylic acids is 1. The van der Waals surface area contributed by atoms with Crippen LogP contribution < -0.4 is 10.2 Å². The van der Waals surface area contributed by atoms with E-state index in [1.807, 2.05) is 41.4 Å². The number of aromatic nitrogens is 2. The summed E-state index contributed by atoms with van der Waals surface area (Å²) in [6.07, 6.45) is 11.3. The number of amides is 1. The lowest BCUT2D eigenvalue weighted by molar-refractivity contribution is 0.0740. The zero-order valence-electron chi connectivity index (χ0n) is 16.4. The summed E-state index contributed by atoms with van der Waals surface area (Å²) in [6, 6.07) is 10.3. The Labute approximate surface area is 167 Å². The van der Waals surface area contributed by atoms with E-state index < -0.39 is 0 Å². The summed E-state index contributed by atoms with van der Waals surface area (Å²) in [7, 11) is 0. The van der Waals surface area contributed by atoms with E-state index in [1.165, 1.54) is 38.5 Å². The van der Waals surface area contributed by atoms with Gasteiger partial charge in [-0.1, -0.05) is 31.7 Å². The lowest BCUT2D eigenvalue weighted by atomic mass is 10.1. The first-order valence-electron chi connectivity index (χ1n) is 10.5. The van der Waals surface area contributed by atoms with Gasteiger partial charge in [0.05, 0.1) is 11.9 Å². The number of hydrogen-bond donors (Lipinski definition) is 1. The summed E-state index contributed by atoms with van der Waals surface area (Å²) < 4.78 is 0. The number of piperazine rings is 1. The van der Waals surface area contributed by atoms with E-state index >= 15 is 0 Å². The molecule has 6 nitrogen and oxygen atoms in total. The van der Waals surface area contributed by atoms with Crippen molar-refractivity contribution in [2.24, 2.45) is 0 Å². The van der Waals surface area contributed by atoms with Gasteiger partial charge < -0.3 is 15.1 Å². The largest absolute Gasteiger partial charge is 0.381 e. The second-order valence-corrected chi connectivity index (χ2v) is 7.73. The Morgan fingerprint density at radius 1 is 0.929 bits per heavy atom. The van der Waals surface area contributed by atoms with Crippen molar-refractivity contribution in [1.29, 1.82) is 0 Å². The highest BCUT2D eigenvalue weighted by molar-refractivity contribution is 5.92. The first kappa shape index (κ1) is 18.7. The summed E-state index contributed by atoms with van der Waals surface area (Å²) in [5.41, 5.74) is 1.54. The maximum absolute atomic E-state index is 12.8. The fourth-order valence-electron chi connectivity index (χ4n) is 4.11. The van der Waals surface area contributed by atoms with E-state index in [0.717, 1.165) is 24.6 Å². The molecule has 1 N–H and O–H groups in total. The Balaban J connectivity index is 1.31. The van der Waals surface area contributed by atoms with E-state index in [1.54, 1.807) is 6.20 Å². The lowest BCUT2D eigenvalue weighted by Gasteiger charge is -2.35. The van der Waals surface area contributed by atoms with Gasteiger partial charge in [0.1, 0.15) is 11.5 Å². The van der Waals surface area contributed by atoms with Crippen molar-refractivity contribution < 1.29 is 4.79 Å². The van der Waals surface area contributed by atoms with Crippen molar-refractivity contribution in [1.82, 2.24) is 14.9 Å². The van der Waals surface area contributed by atoms with Crippen molar-refractivity contribution in [3.05, 3.63) is 48.4 Å². The van der Waals surface area contributed by atoms with Gasteiger partial charge in [0.15, 0.2) is 0 Å². The minimum absolute atomic E-state index is 0.0155. The van der Waals surface area contributed by atoms with E-state index in [-0.39, 0.29) is 5.91 Å². The zero-order chi connectivity index (χ0) is 19.2. The van der Waals surface area contributed by atoms with E-state index in [9.17, 15) is 4.79 Å². The highest BCUT2D eigenvalue weighted by atomic mass is 16.2. The van der Waals surface area contributed by atoms with Gasteiger partial charge in [0.2, 0.25) is 0 Å². The number of rotatable bonds is 4. The average Bonchev–Trinajstić information content (AvgIpc) is 3.03. The number of nitrogens with zero attached hydrogens (tertiary/aromatic N) is 4. The third-order valence-corrected chi connectivity index (χ3v) is 5.75. The number of carbonyl (C=O) groups is 1. The number of pyridine rings is 2. The molecule has 3 heterocycles. The van der Waals surface area contributed by atoms with Crippen LogP contribution in [-0.2, 0) is 0 Å². The minimum atomic E-state index is 0.0155. The molecule has 1 aliphatic heterocycles. The molecule has 28 heavy (non-hydrogen) atoms. The van der Waals surface area contributed by atoms with Gasteiger partial charge in [-0.15, -0.1) is 0 Å². The zero-order valence-corrected chi connectivity index (χ0v) is 16.4. The molecule has 1 saturated heterocycles. The number of nitrogens with one attached hydrogen (secondary N) is 1. The molecule has 1 aliphatic carbocycles. The molecule has 0 spiro atoms. The molecular formula is C22H29N5O. The van der Waals surface area contributed by atoms with Crippen molar-refractivity contribution in [3.8, 4) is 0 Å². The van der Waals surface area contributed by atoms with Crippen LogP contribution in [0.5, 0.6) is 0 Å². The second kappa shape index (κ2) is 9.04. The van der Waals surface area contributed by atoms with Crippen molar-refractivity contribution in [2.75, 3.05) is 36.4 Å². The average molecular weight is 380 g/mol. The third kappa shape index (κ3) is 4.61. The fraction of sp³-hybridized carbons (Fsp3) is 0.500. The van der Waals surface area contributed by atoms with Gasteiger partial charge in [-0.05, 0) is 37.1 Å². The molecule has 1 amide bonds. The molecule has 2 aromatic heterocycles. The highest BCUT2D eigenvalue weighted by Gasteiger charge is 2.23. The van der Waals surface area contributed by atoms with Crippen LogP contribution in [0.3, 0.4) is 0 Å². The fourth-order valence-corrected chi connectivity index (χ4v) is 4.11. The quantitative estimate of drug-likeness (QED) is 0.823. The summed E-state index contributed by atoms with van der Waals surface area (Å²) in [4.78, 5) is 25.7. The molecular weight excluding hydrogens is 350 g/mol. The van der Waals surface area contributed by atoms with E-state index in [2.05, 4.69) is 20.2 Å². The van der Waals surface area contributed by atoms with Crippen LogP contribution in [0.15, 0.2) is 42.7 Å². The monoisotopic (exact) mass is 379 g/mol. The smallest absolute Gasteiger partial charge is 0.272 e. The van der Waals surface area contributed by atoms with Gasteiger partial charge in [0, 0.05) is 38.4 Å². The topological polar surface area (TPSA) is 61.4 Å². The van der Waals surface area contributed by atoms with Crippen LogP contribution in [0.2, 0.25) is 0 Å². The van der Waals surface area contributed by atoms with Crippen LogP contribution in [-0.4, -0.2) is 53.0 Å². The molecule has 2 aliphatic rings. The Bertz CT molecular complexity index is 748. The molecule has 2 aromatic rings. The molecule has 0 unspecified atom stereocenters. The molecule has 2 fully saturated rings. The van der Waals surface area contributed by atoms with Crippen molar-refractivity contribution >= 4 is 17.4 Å². The van der Waals surface area contributed by atoms with Crippen LogP contribution >= 0.6 is 0 Å². The molecule has 148 valence electrons. The predicted molar refractivity (Wildman–Crippen MR) is 112 cm³/mol. The first-order valence-corrected chi connectivity index (χ1v) is 10.5. The van der Waals surface area contributed by atoms with Crippen molar-refractivity contribution in [3.63, 3.8) is 0 Å². The minimum Gasteiger partial charge on any atom is -0.381 e. The second-order valence-electron chi connectivity index (χ2n) is 7.73. The Morgan fingerprint density at radius 3 is 2.36 bits per heavy atom. The van der Waals surface area contributed by atoms with Gasteiger partial charge in [-0.3, -0.25) is 4.79 Å². The Kier molecular flexibility index (Phi) is 6.04. The molecule has 6 heteroatoms. The molecule has 0 bridgehead atoms.